The van der Waals surface area contributed by atoms with Crippen LogP contribution in [0.1, 0.15) is 31.9 Å². The zero-order valence-corrected chi connectivity index (χ0v) is 14.5. The maximum absolute atomic E-state index is 12.2. The second kappa shape index (κ2) is 7.20. The summed E-state index contributed by atoms with van der Waals surface area (Å²) in [7, 11) is 4.75. The minimum absolute atomic E-state index is 0. The molecule has 5 nitrogen and oxygen atoms in total. The van der Waals surface area contributed by atoms with Crippen molar-refractivity contribution < 1.29 is 19.0 Å². The van der Waals surface area contributed by atoms with Crippen LogP contribution < -0.4 is 19.5 Å². The summed E-state index contributed by atoms with van der Waals surface area (Å²) in [5.41, 5.74) is 0.491. The molecule has 0 amide bonds. The first-order valence-electron chi connectivity index (χ1n) is 7.02. The third kappa shape index (κ3) is 3.15. The fourth-order valence-electron chi connectivity index (χ4n) is 2.87. The molecule has 22 heavy (non-hydrogen) atoms. The number of nitrogens with one attached hydrogen (secondary N) is 1. The standard InChI is InChI=1S/C16H23NO4.ClH/c1-16(2)13(18)6-7-17-15(16)10-8-11(19-3)14(21-5)12(9-10)20-4;/h8-9,15,17H,6-7H2,1-5H3;1H. The summed E-state index contributed by atoms with van der Waals surface area (Å²) in [5.74, 6) is 2.02. The highest BCUT2D eigenvalue weighted by Gasteiger charge is 2.40. The number of carbonyl (C=O) groups is 1. The number of Topliss-reactive ketones (excluding diaryl/α,β-unsaturated/α-hetero) is 1. The van der Waals surface area contributed by atoms with Crippen LogP contribution in [0, 0.1) is 5.41 Å². The summed E-state index contributed by atoms with van der Waals surface area (Å²) in [6.07, 6.45) is 0.563. The number of methoxy groups -OCH3 is 3. The van der Waals surface area contributed by atoms with E-state index in [9.17, 15) is 4.79 Å². The van der Waals surface area contributed by atoms with Crippen molar-refractivity contribution in [1.29, 1.82) is 0 Å². The zero-order valence-electron chi connectivity index (χ0n) is 13.7. The first-order valence-corrected chi connectivity index (χ1v) is 7.02. The molecule has 0 aromatic heterocycles. The molecule has 1 aliphatic rings. The maximum atomic E-state index is 12.2. The SMILES string of the molecule is COc1cc(C2NCCC(=O)C2(C)C)cc(OC)c1OC.Cl. The highest BCUT2D eigenvalue weighted by Crippen LogP contribution is 2.44. The molecule has 124 valence electrons. The highest BCUT2D eigenvalue weighted by atomic mass is 35.5. The van der Waals surface area contributed by atoms with Crippen molar-refractivity contribution in [3.63, 3.8) is 0 Å². The Morgan fingerprint density at radius 1 is 1.09 bits per heavy atom. The van der Waals surface area contributed by atoms with Crippen LogP contribution in [0.4, 0.5) is 0 Å². The summed E-state index contributed by atoms with van der Waals surface area (Å²) in [6.45, 7) is 4.62. The van der Waals surface area contributed by atoms with E-state index in [0.717, 1.165) is 5.56 Å². The normalized spacial score (nSPS) is 20.0. The van der Waals surface area contributed by atoms with Crippen LogP contribution in [0.25, 0.3) is 0 Å². The molecule has 0 bridgehead atoms. The first kappa shape index (κ1) is 18.6. The van der Waals surface area contributed by atoms with E-state index in [1.807, 2.05) is 26.0 Å². The van der Waals surface area contributed by atoms with Crippen molar-refractivity contribution in [2.45, 2.75) is 26.3 Å². The topological polar surface area (TPSA) is 56.8 Å². The van der Waals surface area contributed by atoms with Gasteiger partial charge < -0.3 is 19.5 Å². The molecule has 1 aliphatic heterocycles. The summed E-state index contributed by atoms with van der Waals surface area (Å²) in [6, 6.07) is 3.73. The smallest absolute Gasteiger partial charge is 0.203 e. The van der Waals surface area contributed by atoms with E-state index in [0.29, 0.717) is 30.2 Å². The van der Waals surface area contributed by atoms with Crippen LogP contribution in [-0.2, 0) is 4.79 Å². The van der Waals surface area contributed by atoms with Gasteiger partial charge in [-0.3, -0.25) is 4.79 Å². The molecular formula is C16H24ClNO4. The van der Waals surface area contributed by atoms with Gasteiger partial charge in [0.05, 0.1) is 21.3 Å². The lowest BCUT2D eigenvalue weighted by Gasteiger charge is -2.38. The van der Waals surface area contributed by atoms with Gasteiger partial charge in [0.1, 0.15) is 5.78 Å². The number of ketones is 1. The molecule has 0 radical (unpaired) electrons. The number of halogens is 1. The molecule has 2 rings (SSSR count). The van der Waals surface area contributed by atoms with Gasteiger partial charge in [-0.2, -0.15) is 0 Å². The van der Waals surface area contributed by atoms with Crippen molar-refractivity contribution in [3.05, 3.63) is 17.7 Å². The number of hydrogen-bond acceptors (Lipinski definition) is 5. The van der Waals surface area contributed by atoms with Gasteiger partial charge in [0.2, 0.25) is 5.75 Å². The number of hydrogen-bond donors (Lipinski definition) is 1. The van der Waals surface area contributed by atoms with Crippen molar-refractivity contribution in [1.82, 2.24) is 5.32 Å². The van der Waals surface area contributed by atoms with Gasteiger partial charge in [0.15, 0.2) is 11.5 Å². The second-order valence-electron chi connectivity index (χ2n) is 5.74. The quantitative estimate of drug-likeness (QED) is 0.920. The average Bonchev–Trinajstić information content (AvgIpc) is 2.48. The Labute approximate surface area is 137 Å². The fraction of sp³-hybridized carbons (Fsp3) is 0.562. The fourth-order valence-corrected chi connectivity index (χ4v) is 2.87. The predicted octanol–water partition coefficient (Wildman–Crippen LogP) is 2.76. The molecule has 1 N–H and O–H groups in total. The number of rotatable bonds is 4. The predicted molar refractivity (Wildman–Crippen MR) is 87.5 cm³/mol. The molecule has 1 aromatic rings. The number of benzene rings is 1. The average molecular weight is 330 g/mol. The van der Waals surface area contributed by atoms with Crippen molar-refractivity contribution in [2.24, 2.45) is 5.41 Å². The highest BCUT2D eigenvalue weighted by molar-refractivity contribution is 5.86. The van der Waals surface area contributed by atoms with Gasteiger partial charge in [-0.25, -0.2) is 0 Å². The van der Waals surface area contributed by atoms with E-state index in [1.165, 1.54) is 0 Å². The molecule has 0 aliphatic carbocycles. The molecule has 1 aromatic carbocycles. The lowest BCUT2D eigenvalue weighted by atomic mass is 9.73. The number of ether oxygens (including phenoxy) is 3. The minimum atomic E-state index is -0.469. The van der Waals surface area contributed by atoms with Gasteiger partial charge >= 0.3 is 0 Å². The Bertz CT molecular complexity index is 520. The molecule has 0 spiro atoms. The Balaban J connectivity index is 0.00000242. The Morgan fingerprint density at radius 3 is 2.09 bits per heavy atom. The van der Waals surface area contributed by atoms with E-state index < -0.39 is 5.41 Å². The molecule has 6 heteroatoms. The van der Waals surface area contributed by atoms with Crippen LogP contribution in [0.15, 0.2) is 12.1 Å². The monoisotopic (exact) mass is 329 g/mol. The first-order chi connectivity index (χ1) is 9.95. The lowest BCUT2D eigenvalue weighted by Crippen LogP contribution is -2.46. The Morgan fingerprint density at radius 2 is 1.64 bits per heavy atom. The molecule has 1 saturated heterocycles. The van der Waals surface area contributed by atoms with Gasteiger partial charge in [-0.1, -0.05) is 13.8 Å². The van der Waals surface area contributed by atoms with Crippen molar-refractivity contribution >= 4 is 18.2 Å². The molecule has 0 saturated carbocycles. The van der Waals surface area contributed by atoms with Gasteiger partial charge in [-0.15, -0.1) is 12.4 Å². The van der Waals surface area contributed by atoms with Crippen LogP contribution in [0.5, 0.6) is 17.2 Å². The molecule has 1 unspecified atom stereocenters. The summed E-state index contributed by atoms with van der Waals surface area (Å²) in [5, 5.41) is 3.42. The van der Waals surface area contributed by atoms with Gasteiger partial charge in [-0.05, 0) is 17.7 Å². The molecule has 1 heterocycles. The van der Waals surface area contributed by atoms with Crippen LogP contribution in [0.3, 0.4) is 0 Å². The summed E-state index contributed by atoms with van der Waals surface area (Å²) in [4.78, 5) is 12.2. The molecular weight excluding hydrogens is 306 g/mol. The minimum Gasteiger partial charge on any atom is -0.493 e. The lowest BCUT2D eigenvalue weighted by molar-refractivity contribution is -0.130. The van der Waals surface area contributed by atoms with Crippen molar-refractivity contribution in [2.75, 3.05) is 27.9 Å². The van der Waals surface area contributed by atoms with E-state index in [-0.39, 0.29) is 24.2 Å². The Hall–Kier alpha value is -1.46. The van der Waals surface area contributed by atoms with Crippen molar-refractivity contribution in [3.8, 4) is 17.2 Å². The van der Waals surface area contributed by atoms with Gasteiger partial charge in [0, 0.05) is 24.4 Å². The third-order valence-electron chi connectivity index (χ3n) is 4.16. The second-order valence-corrected chi connectivity index (χ2v) is 5.74. The summed E-state index contributed by atoms with van der Waals surface area (Å²) >= 11 is 0. The Kier molecular flexibility index (Phi) is 6.08. The third-order valence-corrected chi connectivity index (χ3v) is 4.16. The van der Waals surface area contributed by atoms with E-state index >= 15 is 0 Å². The molecule has 1 atom stereocenters. The number of piperidine rings is 1. The van der Waals surface area contributed by atoms with Crippen LogP contribution >= 0.6 is 12.4 Å². The number of carbonyl (C=O) groups excluding carboxylic acids is 1. The van der Waals surface area contributed by atoms with Crippen LogP contribution in [-0.4, -0.2) is 33.7 Å². The summed E-state index contributed by atoms with van der Waals surface area (Å²) < 4.78 is 16.1. The zero-order chi connectivity index (χ0) is 15.6. The largest absolute Gasteiger partial charge is 0.493 e. The van der Waals surface area contributed by atoms with E-state index in [2.05, 4.69) is 5.32 Å². The van der Waals surface area contributed by atoms with Gasteiger partial charge in [0.25, 0.3) is 0 Å². The van der Waals surface area contributed by atoms with E-state index in [1.54, 1.807) is 21.3 Å². The maximum Gasteiger partial charge on any atom is 0.203 e. The van der Waals surface area contributed by atoms with E-state index in [4.69, 9.17) is 14.2 Å². The molecule has 1 fully saturated rings. The van der Waals surface area contributed by atoms with Crippen LogP contribution in [0.2, 0.25) is 0 Å².